The summed E-state index contributed by atoms with van der Waals surface area (Å²) in [5.74, 6) is -0.272. The predicted molar refractivity (Wildman–Crippen MR) is 91.0 cm³/mol. The van der Waals surface area contributed by atoms with E-state index in [4.69, 9.17) is 10.5 Å². The highest BCUT2D eigenvalue weighted by atomic mass is 32.1. The predicted octanol–water partition coefficient (Wildman–Crippen LogP) is 5.19. The van der Waals surface area contributed by atoms with Crippen LogP contribution in [0.25, 0.3) is 0 Å². The Balaban J connectivity index is 2.28. The van der Waals surface area contributed by atoms with Crippen LogP contribution in [0.15, 0.2) is 5.38 Å². The third kappa shape index (κ3) is 6.51. The van der Waals surface area contributed by atoms with Gasteiger partial charge in [0, 0.05) is 0 Å². The molecular weight excluding hydrogens is 282 g/mol. The molecule has 0 saturated heterocycles. The molecule has 1 heterocycles. The Bertz CT molecular complexity index is 415. The second kappa shape index (κ2) is 10.7. The van der Waals surface area contributed by atoms with Crippen LogP contribution < -0.4 is 5.73 Å². The number of nitrogens with two attached hydrogens (primary N) is 1. The van der Waals surface area contributed by atoms with Crippen LogP contribution in [0.3, 0.4) is 0 Å². The maximum absolute atomic E-state index is 11.9. The van der Waals surface area contributed by atoms with Crippen molar-refractivity contribution in [2.24, 2.45) is 0 Å². The lowest BCUT2D eigenvalue weighted by atomic mass is 10.0. The lowest BCUT2D eigenvalue weighted by Crippen LogP contribution is -2.08. The molecule has 1 aromatic heterocycles. The summed E-state index contributed by atoms with van der Waals surface area (Å²) in [4.78, 5) is 11.9. The summed E-state index contributed by atoms with van der Waals surface area (Å²) in [5.41, 5.74) is 7.55. The fourth-order valence-corrected chi connectivity index (χ4v) is 3.32. The molecule has 1 rings (SSSR count). The van der Waals surface area contributed by atoms with Gasteiger partial charge in [-0.3, -0.25) is 0 Å². The van der Waals surface area contributed by atoms with Gasteiger partial charge in [0.2, 0.25) is 0 Å². The number of thiophene rings is 1. The number of ether oxygens (including phenoxy) is 1. The molecule has 3 nitrogen and oxygen atoms in total. The highest BCUT2D eigenvalue weighted by Crippen LogP contribution is 2.27. The molecule has 0 aliphatic heterocycles. The number of carbonyl (C=O) groups excluding carboxylic acids is 1. The number of unbranched alkanes of at least 4 members (excludes halogenated alkanes) is 7. The van der Waals surface area contributed by atoms with Gasteiger partial charge in [-0.25, -0.2) is 4.79 Å². The molecule has 0 aliphatic carbocycles. The molecule has 0 fully saturated rings. The van der Waals surface area contributed by atoms with Gasteiger partial charge in [0.25, 0.3) is 0 Å². The Labute approximate surface area is 132 Å². The zero-order valence-corrected chi connectivity index (χ0v) is 14.3. The molecule has 0 saturated carbocycles. The van der Waals surface area contributed by atoms with Gasteiger partial charge in [-0.1, -0.05) is 51.9 Å². The van der Waals surface area contributed by atoms with E-state index in [0.29, 0.717) is 17.2 Å². The van der Waals surface area contributed by atoms with Gasteiger partial charge in [-0.15, -0.1) is 11.3 Å². The lowest BCUT2D eigenvalue weighted by molar-refractivity contribution is 0.0527. The highest BCUT2D eigenvalue weighted by Gasteiger charge is 2.17. The van der Waals surface area contributed by atoms with Crippen molar-refractivity contribution in [3.63, 3.8) is 0 Å². The summed E-state index contributed by atoms with van der Waals surface area (Å²) in [6, 6.07) is 0. The minimum absolute atomic E-state index is 0.272. The lowest BCUT2D eigenvalue weighted by Gasteiger charge is -2.05. The molecule has 0 radical (unpaired) electrons. The van der Waals surface area contributed by atoms with Crippen molar-refractivity contribution < 1.29 is 9.53 Å². The van der Waals surface area contributed by atoms with Crippen molar-refractivity contribution in [2.45, 2.75) is 71.6 Å². The SMILES string of the molecule is CCCCCCCCCCc1csc(N)c1C(=O)OCC. The van der Waals surface area contributed by atoms with Crippen molar-refractivity contribution in [2.75, 3.05) is 12.3 Å². The average molecular weight is 311 g/mol. The zero-order chi connectivity index (χ0) is 15.5. The molecule has 21 heavy (non-hydrogen) atoms. The number of nitrogen functional groups attached to an aromatic ring is 1. The molecule has 120 valence electrons. The van der Waals surface area contributed by atoms with E-state index in [-0.39, 0.29) is 5.97 Å². The Kier molecular flexibility index (Phi) is 9.15. The van der Waals surface area contributed by atoms with E-state index in [0.717, 1.165) is 18.4 Å². The van der Waals surface area contributed by atoms with Gasteiger partial charge in [0.1, 0.15) is 5.00 Å². The van der Waals surface area contributed by atoms with E-state index in [2.05, 4.69) is 6.92 Å². The van der Waals surface area contributed by atoms with Gasteiger partial charge >= 0.3 is 5.97 Å². The summed E-state index contributed by atoms with van der Waals surface area (Å²) in [6.45, 7) is 4.46. The maximum atomic E-state index is 11.9. The molecule has 0 bridgehead atoms. The third-order valence-electron chi connectivity index (χ3n) is 3.67. The van der Waals surface area contributed by atoms with Crippen LogP contribution in [-0.4, -0.2) is 12.6 Å². The molecule has 4 heteroatoms. The Morgan fingerprint density at radius 1 is 1.10 bits per heavy atom. The van der Waals surface area contributed by atoms with Gasteiger partial charge in [-0.05, 0) is 30.7 Å². The summed E-state index contributed by atoms with van der Waals surface area (Å²) < 4.78 is 5.08. The number of hydrogen-bond acceptors (Lipinski definition) is 4. The van der Waals surface area contributed by atoms with E-state index in [1.807, 2.05) is 12.3 Å². The van der Waals surface area contributed by atoms with Gasteiger partial charge in [0.05, 0.1) is 12.2 Å². The number of aryl methyl sites for hydroxylation is 1. The number of anilines is 1. The quantitative estimate of drug-likeness (QED) is 0.452. The van der Waals surface area contributed by atoms with Crippen LogP contribution in [0.1, 0.15) is 81.1 Å². The third-order valence-corrected chi connectivity index (χ3v) is 4.54. The van der Waals surface area contributed by atoms with Crippen molar-refractivity contribution in [1.29, 1.82) is 0 Å². The van der Waals surface area contributed by atoms with E-state index in [9.17, 15) is 4.79 Å². The van der Waals surface area contributed by atoms with Crippen LogP contribution in [0, 0.1) is 0 Å². The topological polar surface area (TPSA) is 52.3 Å². The molecule has 0 atom stereocenters. The van der Waals surface area contributed by atoms with Crippen molar-refractivity contribution >= 4 is 22.3 Å². The molecule has 0 aliphatic rings. The van der Waals surface area contributed by atoms with Gasteiger partial charge in [-0.2, -0.15) is 0 Å². The molecule has 0 amide bonds. The molecule has 0 aromatic carbocycles. The Morgan fingerprint density at radius 2 is 1.71 bits per heavy atom. The second-order valence-corrected chi connectivity index (χ2v) is 6.36. The first-order valence-electron chi connectivity index (χ1n) is 8.23. The maximum Gasteiger partial charge on any atom is 0.341 e. The Morgan fingerprint density at radius 3 is 2.33 bits per heavy atom. The van der Waals surface area contributed by atoms with Crippen LogP contribution in [0.4, 0.5) is 5.00 Å². The highest BCUT2D eigenvalue weighted by molar-refractivity contribution is 7.14. The summed E-state index contributed by atoms with van der Waals surface area (Å²) >= 11 is 1.44. The molecule has 0 spiro atoms. The largest absolute Gasteiger partial charge is 0.462 e. The molecule has 1 aromatic rings. The van der Waals surface area contributed by atoms with Crippen LogP contribution >= 0.6 is 11.3 Å². The molecule has 0 unspecified atom stereocenters. The average Bonchev–Trinajstić information content (AvgIpc) is 2.83. The van der Waals surface area contributed by atoms with Gasteiger partial charge < -0.3 is 10.5 Å². The fourth-order valence-electron chi connectivity index (χ4n) is 2.48. The minimum atomic E-state index is -0.272. The minimum Gasteiger partial charge on any atom is -0.462 e. The first-order valence-corrected chi connectivity index (χ1v) is 9.11. The van der Waals surface area contributed by atoms with Gasteiger partial charge in [0.15, 0.2) is 0 Å². The summed E-state index contributed by atoms with van der Waals surface area (Å²) in [7, 11) is 0. The van der Waals surface area contributed by atoms with E-state index >= 15 is 0 Å². The van der Waals surface area contributed by atoms with E-state index < -0.39 is 0 Å². The smallest absolute Gasteiger partial charge is 0.341 e. The van der Waals surface area contributed by atoms with Crippen LogP contribution in [-0.2, 0) is 11.2 Å². The van der Waals surface area contributed by atoms with Crippen molar-refractivity contribution in [3.8, 4) is 0 Å². The second-order valence-electron chi connectivity index (χ2n) is 5.45. The Hall–Kier alpha value is -1.03. The van der Waals surface area contributed by atoms with Crippen LogP contribution in [0.5, 0.6) is 0 Å². The van der Waals surface area contributed by atoms with Crippen LogP contribution in [0.2, 0.25) is 0 Å². The first kappa shape index (κ1) is 18.0. The fraction of sp³-hybridized carbons (Fsp3) is 0.706. The summed E-state index contributed by atoms with van der Waals surface area (Å²) in [6.07, 6.45) is 11.3. The zero-order valence-electron chi connectivity index (χ0n) is 13.5. The number of hydrogen-bond donors (Lipinski definition) is 1. The van der Waals surface area contributed by atoms with E-state index in [1.54, 1.807) is 0 Å². The van der Waals surface area contributed by atoms with E-state index in [1.165, 1.54) is 56.3 Å². The normalized spacial score (nSPS) is 10.8. The standard InChI is InChI=1S/C17H29NO2S/c1-3-5-6-7-8-9-10-11-12-14-13-21-16(18)15(14)17(19)20-4-2/h13H,3-12,18H2,1-2H3. The monoisotopic (exact) mass is 311 g/mol. The van der Waals surface area contributed by atoms with Crippen molar-refractivity contribution in [1.82, 2.24) is 0 Å². The summed E-state index contributed by atoms with van der Waals surface area (Å²) in [5, 5.41) is 2.59. The number of rotatable bonds is 11. The van der Waals surface area contributed by atoms with Crippen molar-refractivity contribution in [3.05, 3.63) is 16.5 Å². The molecule has 2 N–H and O–H groups in total. The first-order chi connectivity index (χ1) is 10.2. The number of carbonyl (C=O) groups is 1. The molecular formula is C17H29NO2S. The number of esters is 1.